The van der Waals surface area contributed by atoms with E-state index in [0.29, 0.717) is 6.61 Å². The Bertz CT molecular complexity index is 604. The van der Waals surface area contributed by atoms with Gasteiger partial charge in [-0.05, 0) is 11.1 Å². The summed E-state index contributed by atoms with van der Waals surface area (Å²) in [5.41, 5.74) is 1.97. The lowest BCUT2D eigenvalue weighted by Crippen LogP contribution is -2.54. The van der Waals surface area contributed by atoms with Gasteiger partial charge in [-0.15, -0.1) is 0 Å². The lowest BCUT2D eigenvalue weighted by atomic mass is 10.0. The third-order valence-corrected chi connectivity index (χ3v) is 4.02. The molecule has 0 amide bonds. The number of ether oxygens (including phenoxy) is 3. The molecule has 128 valence electrons. The molecule has 3 rings (SSSR count). The van der Waals surface area contributed by atoms with Gasteiger partial charge >= 0.3 is 0 Å². The molecule has 0 unspecified atom stereocenters. The second-order valence-electron chi connectivity index (χ2n) is 5.81. The fourth-order valence-corrected chi connectivity index (χ4v) is 2.64. The van der Waals surface area contributed by atoms with Crippen LogP contribution in [0.5, 0.6) is 0 Å². The molecule has 1 aliphatic heterocycles. The van der Waals surface area contributed by atoms with E-state index >= 15 is 0 Å². The molecule has 0 bridgehead atoms. The number of benzene rings is 2. The van der Waals surface area contributed by atoms with Crippen LogP contribution in [0.2, 0.25) is 0 Å². The van der Waals surface area contributed by atoms with Crippen molar-refractivity contribution in [2.45, 2.75) is 37.8 Å². The van der Waals surface area contributed by atoms with Gasteiger partial charge < -0.3 is 24.4 Å². The third-order valence-electron chi connectivity index (χ3n) is 4.02. The number of hydrogen-bond acceptors (Lipinski definition) is 5. The molecule has 2 N–H and O–H groups in total. The molecule has 1 fully saturated rings. The van der Waals surface area contributed by atoms with Crippen LogP contribution in [0.15, 0.2) is 60.7 Å². The topological polar surface area (TPSA) is 68.2 Å². The van der Waals surface area contributed by atoms with Crippen LogP contribution in [0.4, 0.5) is 0 Å². The zero-order valence-electron chi connectivity index (χ0n) is 13.3. The van der Waals surface area contributed by atoms with Crippen LogP contribution >= 0.6 is 0 Å². The van der Waals surface area contributed by atoms with Crippen molar-refractivity contribution in [1.82, 2.24) is 0 Å². The Balaban J connectivity index is 1.55. The van der Waals surface area contributed by atoms with E-state index in [-0.39, 0.29) is 13.2 Å². The van der Waals surface area contributed by atoms with Crippen molar-refractivity contribution >= 4 is 0 Å². The Morgan fingerprint density at radius 1 is 0.833 bits per heavy atom. The van der Waals surface area contributed by atoms with E-state index in [0.717, 1.165) is 11.1 Å². The molecule has 0 aliphatic carbocycles. The first kappa shape index (κ1) is 17.1. The summed E-state index contributed by atoms with van der Waals surface area (Å²) in [5, 5.41) is 20.4. The molecule has 2 aromatic rings. The van der Waals surface area contributed by atoms with E-state index in [1.165, 1.54) is 0 Å². The van der Waals surface area contributed by atoms with E-state index in [4.69, 9.17) is 14.2 Å². The molecule has 0 saturated carbocycles. The fourth-order valence-electron chi connectivity index (χ4n) is 2.64. The molecule has 24 heavy (non-hydrogen) atoms. The Morgan fingerprint density at radius 3 is 1.96 bits per heavy atom. The van der Waals surface area contributed by atoms with Crippen molar-refractivity contribution in [3.8, 4) is 0 Å². The quantitative estimate of drug-likeness (QED) is 0.846. The standard InChI is InChI=1S/C19H22O5/c20-17-16(22-11-14-7-3-1-4-8-14)13-24-19(21)18(17)23-12-15-9-5-2-6-10-15/h1-10,16-21H,11-13H2/t16-,17+,18-,19+/m1/s1. The van der Waals surface area contributed by atoms with Gasteiger partial charge in [-0.25, -0.2) is 0 Å². The maximum absolute atomic E-state index is 10.5. The molecule has 1 heterocycles. The SMILES string of the molecule is O[C@@H]1[C@@H](OCc2ccccc2)[C@@H](O)OC[C@H]1OCc1ccccc1. The first-order chi connectivity index (χ1) is 11.7. The zero-order valence-corrected chi connectivity index (χ0v) is 13.3. The van der Waals surface area contributed by atoms with Crippen molar-refractivity contribution < 1.29 is 24.4 Å². The van der Waals surface area contributed by atoms with E-state index in [1.807, 2.05) is 60.7 Å². The molecular weight excluding hydrogens is 308 g/mol. The summed E-state index contributed by atoms with van der Waals surface area (Å²) in [4.78, 5) is 0. The molecule has 5 nitrogen and oxygen atoms in total. The highest BCUT2D eigenvalue weighted by Crippen LogP contribution is 2.21. The largest absolute Gasteiger partial charge is 0.387 e. The van der Waals surface area contributed by atoms with Gasteiger partial charge in [0.25, 0.3) is 0 Å². The van der Waals surface area contributed by atoms with E-state index in [2.05, 4.69) is 0 Å². The van der Waals surface area contributed by atoms with Crippen molar-refractivity contribution in [3.63, 3.8) is 0 Å². The summed E-state index contributed by atoms with van der Waals surface area (Å²) in [6.07, 6.45) is -3.52. The van der Waals surface area contributed by atoms with Crippen LogP contribution in [-0.4, -0.2) is 41.4 Å². The summed E-state index contributed by atoms with van der Waals surface area (Å²) < 4.78 is 16.7. The number of aliphatic hydroxyl groups is 2. The molecule has 1 aliphatic rings. The van der Waals surface area contributed by atoms with Gasteiger partial charge in [-0.2, -0.15) is 0 Å². The van der Waals surface area contributed by atoms with E-state index in [1.54, 1.807) is 0 Å². The van der Waals surface area contributed by atoms with Crippen molar-refractivity contribution in [2.75, 3.05) is 6.61 Å². The minimum Gasteiger partial charge on any atom is -0.387 e. The molecule has 2 aromatic carbocycles. The van der Waals surface area contributed by atoms with Gasteiger partial charge in [0.05, 0.1) is 19.8 Å². The lowest BCUT2D eigenvalue weighted by Gasteiger charge is -2.37. The van der Waals surface area contributed by atoms with Gasteiger partial charge in [0.15, 0.2) is 6.29 Å². The van der Waals surface area contributed by atoms with Crippen molar-refractivity contribution in [2.24, 2.45) is 0 Å². The summed E-state index contributed by atoms with van der Waals surface area (Å²) >= 11 is 0. The number of rotatable bonds is 6. The second kappa shape index (κ2) is 8.37. The van der Waals surface area contributed by atoms with E-state index in [9.17, 15) is 10.2 Å². The van der Waals surface area contributed by atoms with Crippen LogP contribution < -0.4 is 0 Å². The highest BCUT2D eigenvalue weighted by atomic mass is 16.7. The molecule has 1 saturated heterocycles. The summed E-state index contributed by atoms with van der Waals surface area (Å²) in [5.74, 6) is 0. The van der Waals surface area contributed by atoms with Crippen LogP contribution in [0.25, 0.3) is 0 Å². The summed E-state index contributed by atoms with van der Waals surface area (Å²) in [6.45, 7) is 0.780. The van der Waals surface area contributed by atoms with Crippen LogP contribution in [0.1, 0.15) is 11.1 Å². The summed E-state index contributed by atoms with van der Waals surface area (Å²) in [7, 11) is 0. The molecule has 0 radical (unpaired) electrons. The minimum atomic E-state index is -1.17. The second-order valence-corrected chi connectivity index (χ2v) is 5.81. The molecule has 0 aromatic heterocycles. The van der Waals surface area contributed by atoms with Crippen molar-refractivity contribution in [3.05, 3.63) is 71.8 Å². The Hall–Kier alpha value is -1.76. The lowest BCUT2D eigenvalue weighted by molar-refractivity contribution is -0.276. The first-order valence-corrected chi connectivity index (χ1v) is 8.03. The average Bonchev–Trinajstić information content (AvgIpc) is 2.63. The molecular formula is C19H22O5. The Labute approximate surface area is 141 Å². The molecule has 4 atom stereocenters. The Morgan fingerprint density at radius 2 is 1.38 bits per heavy atom. The highest BCUT2D eigenvalue weighted by Gasteiger charge is 2.40. The smallest absolute Gasteiger partial charge is 0.183 e. The van der Waals surface area contributed by atoms with Gasteiger partial charge in [-0.1, -0.05) is 60.7 Å². The molecule has 0 spiro atoms. The summed E-state index contributed by atoms with van der Waals surface area (Å²) in [6, 6.07) is 19.3. The van der Waals surface area contributed by atoms with Gasteiger partial charge in [0, 0.05) is 0 Å². The van der Waals surface area contributed by atoms with E-state index < -0.39 is 24.6 Å². The average molecular weight is 330 g/mol. The minimum absolute atomic E-state index is 0.125. The maximum atomic E-state index is 10.5. The normalized spacial score (nSPS) is 27.1. The predicted molar refractivity (Wildman–Crippen MR) is 88.0 cm³/mol. The third kappa shape index (κ3) is 4.41. The number of hydrogen-bond donors (Lipinski definition) is 2. The van der Waals surface area contributed by atoms with Gasteiger partial charge in [0.1, 0.15) is 18.3 Å². The number of aliphatic hydroxyl groups excluding tert-OH is 2. The fraction of sp³-hybridized carbons (Fsp3) is 0.368. The zero-order chi connectivity index (χ0) is 16.8. The predicted octanol–water partition coefficient (Wildman–Crippen LogP) is 1.87. The van der Waals surface area contributed by atoms with Crippen molar-refractivity contribution in [1.29, 1.82) is 0 Å². The first-order valence-electron chi connectivity index (χ1n) is 8.03. The van der Waals surface area contributed by atoms with Crippen LogP contribution in [-0.2, 0) is 27.4 Å². The molecule has 5 heteroatoms. The van der Waals surface area contributed by atoms with Gasteiger partial charge in [-0.3, -0.25) is 0 Å². The highest BCUT2D eigenvalue weighted by molar-refractivity contribution is 5.14. The Kier molecular flexibility index (Phi) is 5.96. The van der Waals surface area contributed by atoms with Crippen LogP contribution in [0, 0.1) is 0 Å². The monoisotopic (exact) mass is 330 g/mol. The van der Waals surface area contributed by atoms with Gasteiger partial charge in [0.2, 0.25) is 0 Å². The van der Waals surface area contributed by atoms with Crippen LogP contribution in [0.3, 0.4) is 0 Å². The maximum Gasteiger partial charge on any atom is 0.183 e.